The Bertz CT molecular complexity index is 435. The number of hydrogen-bond acceptors (Lipinski definition) is 5. The summed E-state index contributed by atoms with van der Waals surface area (Å²) in [6.45, 7) is 3.31. The molecule has 0 spiro atoms. The highest BCUT2D eigenvalue weighted by Crippen LogP contribution is 2.34. The van der Waals surface area contributed by atoms with E-state index in [1.54, 1.807) is 11.8 Å². The maximum atomic E-state index is 9.27. The molecule has 0 aliphatic carbocycles. The van der Waals surface area contributed by atoms with Gasteiger partial charge in [-0.15, -0.1) is 11.8 Å². The third-order valence-electron chi connectivity index (χ3n) is 3.62. The van der Waals surface area contributed by atoms with Crippen LogP contribution in [0.2, 0.25) is 0 Å². The smallest absolute Gasteiger partial charge is 0.162 e. The van der Waals surface area contributed by atoms with Crippen molar-refractivity contribution in [3.63, 3.8) is 0 Å². The van der Waals surface area contributed by atoms with Crippen LogP contribution in [0.15, 0.2) is 23.1 Å². The molecule has 0 aromatic heterocycles. The van der Waals surface area contributed by atoms with E-state index in [9.17, 15) is 5.11 Å². The lowest BCUT2D eigenvalue weighted by Gasteiger charge is -2.25. The molecular weight excluding hydrogens is 274 g/mol. The minimum atomic E-state index is -0.423. The van der Waals surface area contributed by atoms with E-state index in [0.717, 1.165) is 36.5 Å². The number of fused-ring (bicyclic) bond motifs is 1. The Labute approximate surface area is 124 Å². The van der Waals surface area contributed by atoms with Crippen LogP contribution in [0, 0.1) is 0 Å². The van der Waals surface area contributed by atoms with Gasteiger partial charge in [-0.05, 0) is 43.2 Å². The van der Waals surface area contributed by atoms with Gasteiger partial charge in [0.1, 0.15) is 13.2 Å². The molecule has 0 bridgehead atoms. The second-order valence-electron chi connectivity index (χ2n) is 5.13. The number of hydrogen-bond donors (Lipinski definition) is 2. The van der Waals surface area contributed by atoms with E-state index in [-0.39, 0.29) is 6.61 Å². The molecule has 2 rings (SSSR count). The summed E-state index contributed by atoms with van der Waals surface area (Å²) < 4.78 is 11.1. The van der Waals surface area contributed by atoms with Gasteiger partial charge in [-0.25, -0.2) is 0 Å². The van der Waals surface area contributed by atoms with Crippen LogP contribution in [0.25, 0.3) is 0 Å². The Hall–Kier alpha value is -0.910. The van der Waals surface area contributed by atoms with Gasteiger partial charge in [0, 0.05) is 10.4 Å². The van der Waals surface area contributed by atoms with Crippen LogP contribution in [0.1, 0.15) is 26.2 Å². The molecule has 0 saturated heterocycles. The van der Waals surface area contributed by atoms with Crippen LogP contribution in [-0.4, -0.2) is 36.2 Å². The number of thioether (sulfide) groups is 1. The Morgan fingerprint density at radius 2 is 2.05 bits per heavy atom. The van der Waals surface area contributed by atoms with Crippen molar-refractivity contribution in [3.05, 3.63) is 18.2 Å². The standard InChI is InChI=1S/C15H23NO3S/c1-2-15(16,11-17)6-3-9-20-12-4-5-13-14(10-12)19-8-7-18-13/h4-5,10,17H,2-3,6-9,11,16H2,1H3. The van der Waals surface area contributed by atoms with Gasteiger partial charge in [-0.3, -0.25) is 0 Å². The lowest BCUT2D eigenvalue weighted by molar-refractivity contribution is 0.171. The van der Waals surface area contributed by atoms with E-state index in [1.807, 2.05) is 19.1 Å². The molecule has 0 saturated carbocycles. The molecule has 3 N–H and O–H groups in total. The summed E-state index contributed by atoms with van der Waals surface area (Å²) in [5, 5.41) is 9.27. The van der Waals surface area contributed by atoms with Crippen LogP contribution in [0.5, 0.6) is 11.5 Å². The molecule has 5 heteroatoms. The molecule has 4 nitrogen and oxygen atoms in total. The molecule has 0 fully saturated rings. The van der Waals surface area contributed by atoms with Crippen molar-refractivity contribution in [2.24, 2.45) is 5.73 Å². The third-order valence-corrected chi connectivity index (χ3v) is 4.70. The van der Waals surface area contributed by atoms with Gasteiger partial charge in [-0.2, -0.15) is 0 Å². The Balaban J connectivity index is 1.80. The molecule has 112 valence electrons. The number of rotatable bonds is 7. The van der Waals surface area contributed by atoms with Crippen molar-refractivity contribution in [1.29, 1.82) is 0 Å². The fraction of sp³-hybridized carbons (Fsp3) is 0.600. The van der Waals surface area contributed by atoms with E-state index >= 15 is 0 Å². The van der Waals surface area contributed by atoms with Gasteiger partial charge in [-0.1, -0.05) is 6.92 Å². The van der Waals surface area contributed by atoms with Crippen LogP contribution in [-0.2, 0) is 0 Å². The van der Waals surface area contributed by atoms with E-state index in [2.05, 4.69) is 6.07 Å². The summed E-state index contributed by atoms with van der Waals surface area (Å²) in [4.78, 5) is 1.18. The maximum Gasteiger partial charge on any atom is 0.162 e. The second-order valence-corrected chi connectivity index (χ2v) is 6.30. The highest BCUT2D eigenvalue weighted by molar-refractivity contribution is 7.99. The van der Waals surface area contributed by atoms with Crippen LogP contribution in [0.3, 0.4) is 0 Å². The number of ether oxygens (including phenoxy) is 2. The number of aliphatic hydroxyl groups is 1. The first-order valence-electron chi connectivity index (χ1n) is 7.09. The normalized spacial score (nSPS) is 16.8. The molecular formula is C15H23NO3S. The van der Waals surface area contributed by atoms with Gasteiger partial charge in [0.2, 0.25) is 0 Å². The molecule has 1 aromatic carbocycles. The minimum absolute atomic E-state index is 0.0538. The van der Waals surface area contributed by atoms with E-state index in [0.29, 0.717) is 13.2 Å². The minimum Gasteiger partial charge on any atom is -0.486 e. The van der Waals surface area contributed by atoms with Gasteiger partial charge >= 0.3 is 0 Å². The van der Waals surface area contributed by atoms with Crippen LogP contribution in [0.4, 0.5) is 0 Å². The molecule has 1 aliphatic rings. The van der Waals surface area contributed by atoms with Crippen molar-refractivity contribution in [3.8, 4) is 11.5 Å². The van der Waals surface area contributed by atoms with E-state index in [4.69, 9.17) is 15.2 Å². The number of nitrogens with two attached hydrogens (primary N) is 1. The summed E-state index contributed by atoms with van der Waals surface area (Å²) in [6, 6.07) is 6.05. The molecule has 1 aromatic rings. The molecule has 0 amide bonds. The first-order chi connectivity index (χ1) is 9.67. The van der Waals surface area contributed by atoms with Crippen molar-refractivity contribution in [2.45, 2.75) is 36.6 Å². The topological polar surface area (TPSA) is 64.7 Å². The van der Waals surface area contributed by atoms with Gasteiger partial charge in [0.25, 0.3) is 0 Å². The lowest BCUT2D eigenvalue weighted by Crippen LogP contribution is -2.42. The molecule has 0 radical (unpaired) electrons. The van der Waals surface area contributed by atoms with Gasteiger partial charge < -0.3 is 20.3 Å². The summed E-state index contributed by atoms with van der Waals surface area (Å²) in [5.74, 6) is 2.64. The fourth-order valence-electron chi connectivity index (χ4n) is 2.10. The van der Waals surface area contributed by atoms with Crippen molar-refractivity contribution in [1.82, 2.24) is 0 Å². The quantitative estimate of drug-likeness (QED) is 0.598. The van der Waals surface area contributed by atoms with Gasteiger partial charge in [0.05, 0.1) is 6.61 Å². The summed E-state index contributed by atoms with van der Waals surface area (Å²) in [6.07, 6.45) is 2.64. The summed E-state index contributed by atoms with van der Waals surface area (Å²) >= 11 is 1.78. The predicted molar refractivity (Wildman–Crippen MR) is 81.7 cm³/mol. The van der Waals surface area contributed by atoms with Crippen LogP contribution < -0.4 is 15.2 Å². The second kappa shape index (κ2) is 7.20. The molecule has 1 heterocycles. The zero-order chi connectivity index (χ0) is 14.4. The Morgan fingerprint density at radius 3 is 2.75 bits per heavy atom. The predicted octanol–water partition coefficient (Wildman–Crippen LogP) is 2.43. The first kappa shape index (κ1) is 15.5. The highest BCUT2D eigenvalue weighted by atomic mass is 32.2. The largest absolute Gasteiger partial charge is 0.486 e. The highest BCUT2D eigenvalue weighted by Gasteiger charge is 2.20. The first-order valence-corrected chi connectivity index (χ1v) is 8.07. The maximum absolute atomic E-state index is 9.27. The van der Waals surface area contributed by atoms with E-state index < -0.39 is 5.54 Å². The average molecular weight is 297 g/mol. The Morgan fingerprint density at radius 1 is 1.30 bits per heavy atom. The monoisotopic (exact) mass is 297 g/mol. The Kier molecular flexibility index (Phi) is 5.57. The number of benzene rings is 1. The van der Waals surface area contributed by atoms with Crippen molar-refractivity contribution < 1.29 is 14.6 Å². The number of aliphatic hydroxyl groups excluding tert-OH is 1. The summed E-state index contributed by atoms with van der Waals surface area (Å²) in [5.41, 5.74) is 5.65. The van der Waals surface area contributed by atoms with Crippen molar-refractivity contribution >= 4 is 11.8 Å². The van der Waals surface area contributed by atoms with E-state index in [1.165, 1.54) is 4.90 Å². The SMILES string of the molecule is CCC(N)(CO)CCCSc1ccc2c(c1)OCCO2. The van der Waals surface area contributed by atoms with Crippen molar-refractivity contribution in [2.75, 3.05) is 25.6 Å². The zero-order valence-corrected chi connectivity index (χ0v) is 12.7. The van der Waals surface area contributed by atoms with Gasteiger partial charge in [0.15, 0.2) is 11.5 Å². The molecule has 1 atom stereocenters. The van der Waals surface area contributed by atoms with Crippen LogP contribution >= 0.6 is 11.8 Å². The third kappa shape index (κ3) is 4.04. The summed E-state index contributed by atoms with van der Waals surface area (Å²) in [7, 11) is 0. The fourth-order valence-corrected chi connectivity index (χ4v) is 2.97. The average Bonchev–Trinajstić information content (AvgIpc) is 2.51. The zero-order valence-electron chi connectivity index (χ0n) is 11.9. The molecule has 1 aliphatic heterocycles. The lowest BCUT2D eigenvalue weighted by atomic mass is 9.93. The molecule has 20 heavy (non-hydrogen) atoms. The molecule has 1 unspecified atom stereocenters.